The first-order chi connectivity index (χ1) is 7.06. The van der Waals surface area contributed by atoms with E-state index < -0.39 is 0 Å². The Morgan fingerprint density at radius 1 is 1.60 bits per heavy atom. The molecule has 1 N–H and O–H groups in total. The quantitative estimate of drug-likeness (QED) is 0.913. The highest BCUT2D eigenvalue weighted by Crippen LogP contribution is 2.16. The van der Waals surface area contributed by atoms with Crippen LogP contribution in [0.1, 0.15) is 24.4 Å². The summed E-state index contributed by atoms with van der Waals surface area (Å²) in [5, 5.41) is 8.85. The summed E-state index contributed by atoms with van der Waals surface area (Å²) in [7, 11) is 0. The molecule has 0 aliphatic heterocycles. The zero-order valence-corrected chi connectivity index (χ0v) is 10.3. The Labute approximate surface area is 97.0 Å². The second-order valence-corrected chi connectivity index (χ2v) is 4.20. The molecule has 1 aromatic rings. The number of nitrogens with zero attached hydrogens (tertiary/aromatic N) is 1. The van der Waals surface area contributed by atoms with E-state index in [1.807, 2.05) is 13.8 Å². The van der Waals surface area contributed by atoms with Crippen molar-refractivity contribution < 1.29 is 14.3 Å². The van der Waals surface area contributed by atoms with E-state index in [0.29, 0.717) is 11.2 Å². The van der Waals surface area contributed by atoms with Gasteiger partial charge in [-0.2, -0.15) is 0 Å². The van der Waals surface area contributed by atoms with E-state index in [-0.39, 0.29) is 24.3 Å². The van der Waals surface area contributed by atoms with Gasteiger partial charge < -0.3 is 14.4 Å². The molecular weight excluding hydrogens is 262 g/mol. The molecule has 0 saturated carbocycles. The molecule has 0 aliphatic carbocycles. The standard InChI is InChI=1S/C10H14BrNO3/c1-7(2)12(5-6-13)10(14)8-3-4-9(11)15-8/h3-4,7,13H,5-6H2,1-2H3. The Kier molecular flexibility index (Phi) is 4.35. The number of halogens is 1. The average molecular weight is 276 g/mol. The number of aliphatic hydroxyl groups is 1. The highest BCUT2D eigenvalue weighted by molar-refractivity contribution is 9.10. The summed E-state index contributed by atoms with van der Waals surface area (Å²) in [6.45, 7) is 4.05. The van der Waals surface area contributed by atoms with Crippen LogP contribution in [0.2, 0.25) is 0 Å². The van der Waals surface area contributed by atoms with E-state index in [0.717, 1.165) is 0 Å². The molecule has 1 amide bonds. The van der Waals surface area contributed by atoms with Gasteiger partial charge in [-0.05, 0) is 41.9 Å². The molecular formula is C10H14BrNO3. The number of carbonyl (C=O) groups excluding carboxylic acids is 1. The second kappa shape index (κ2) is 5.32. The number of furan rings is 1. The number of carbonyl (C=O) groups is 1. The van der Waals surface area contributed by atoms with E-state index in [2.05, 4.69) is 15.9 Å². The summed E-state index contributed by atoms with van der Waals surface area (Å²) in [4.78, 5) is 13.5. The molecule has 84 valence electrons. The predicted molar refractivity (Wildman–Crippen MR) is 59.7 cm³/mol. The number of rotatable bonds is 4. The molecule has 1 rings (SSSR count). The fourth-order valence-corrected chi connectivity index (χ4v) is 1.58. The summed E-state index contributed by atoms with van der Waals surface area (Å²) in [6, 6.07) is 3.32. The molecule has 0 saturated heterocycles. The van der Waals surface area contributed by atoms with E-state index in [4.69, 9.17) is 9.52 Å². The maximum Gasteiger partial charge on any atom is 0.289 e. The first-order valence-corrected chi connectivity index (χ1v) is 5.52. The van der Waals surface area contributed by atoms with Gasteiger partial charge in [0.25, 0.3) is 5.91 Å². The average Bonchev–Trinajstić information content (AvgIpc) is 2.59. The topological polar surface area (TPSA) is 53.7 Å². The number of hydrogen-bond donors (Lipinski definition) is 1. The van der Waals surface area contributed by atoms with Crippen molar-refractivity contribution in [2.75, 3.05) is 13.2 Å². The maximum atomic E-state index is 11.9. The summed E-state index contributed by atoms with van der Waals surface area (Å²) >= 11 is 3.14. The van der Waals surface area contributed by atoms with Gasteiger partial charge >= 0.3 is 0 Å². The van der Waals surface area contributed by atoms with Gasteiger partial charge in [-0.25, -0.2) is 0 Å². The SMILES string of the molecule is CC(C)N(CCO)C(=O)c1ccc(Br)o1. The van der Waals surface area contributed by atoms with Crippen molar-refractivity contribution in [1.82, 2.24) is 4.90 Å². The Bertz CT molecular complexity index is 335. The van der Waals surface area contributed by atoms with E-state index in [1.54, 1.807) is 17.0 Å². The number of aliphatic hydroxyl groups excluding tert-OH is 1. The van der Waals surface area contributed by atoms with Crippen LogP contribution in [0, 0.1) is 0 Å². The van der Waals surface area contributed by atoms with Gasteiger partial charge in [-0.1, -0.05) is 0 Å². The minimum Gasteiger partial charge on any atom is -0.444 e. The molecule has 0 unspecified atom stereocenters. The molecule has 0 radical (unpaired) electrons. The van der Waals surface area contributed by atoms with Gasteiger partial charge in [0, 0.05) is 12.6 Å². The Morgan fingerprint density at radius 2 is 2.27 bits per heavy atom. The molecule has 1 heterocycles. The van der Waals surface area contributed by atoms with Gasteiger partial charge in [0.15, 0.2) is 10.4 Å². The largest absolute Gasteiger partial charge is 0.444 e. The summed E-state index contributed by atoms with van der Waals surface area (Å²) in [6.07, 6.45) is 0. The van der Waals surface area contributed by atoms with Gasteiger partial charge in [0.2, 0.25) is 0 Å². The summed E-state index contributed by atoms with van der Waals surface area (Å²) < 4.78 is 5.69. The van der Waals surface area contributed by atoms with Crippen LogP contribution in [-0.4, -0.2) is 35.1 Å². The molecule has 0 aliphatic rings. The van der Waals surface area contributed by atoms with Crippen LogP contribution in [0.3, 0.4) is 0 Å². The molecule has 0 spiro atoms. The van der Waals surface area contributed by atoms with E-state index >= 15 is 0 Å². The highest BCUT2D eigenvalue weighted by atomic mass is 79.9. The molecule has 0 fully saturated rings. The Morgan fingerprint density at radius 3 is 2.67 bits per heavy atom. The van der Waals surface area contributed by atoms with Crippen molar-refractivity contribution in [3.8, 4) is 0 Å². The monoisotopic (exact) mass is 275 g/mol. The lowest BCUT2D eigenvalue weighted by molar-refractivity contribution is 0.0632. The van der Waals surface area contributed by atoms with Gasteiger partial charge in [-0.3, -0.25) is 4.79 Å². The first kappa shape index (κ1) is 12.3. The highest BCUT2D eigenvalue weighted by Gasteiger charge is 2.20. The van der Waals surface area contributed by atoms with Crippen LogP contribution in [0.25, 0.3) is 0 Å². The van der Waals surface area contributed by atoms with E-state index in [9.17, 15) is 4.79 Å². The summed E-state index contributed by atoms with van der Waals surface area (Å²) in [5.74, 6) is 0.0776. The normalized spacial score (nSPS) is 10.7. The molecule has 5 heteroatoms. The van der Waals surface area contributed by atoms with E-state index in [1.165, 1.54) is 0 Å². The molecule has 0 bridgehead atoms. The van der Waals surface area contributed by atoms with Crippen molar-refractivity contribution in [1.29, 1.82) is 0 Å². The van der Waals surface area contributed by atoms with Crippen LogP contribution in [0.5, 0.6) is 0 Å². The predicted octanol–water partition coefficient (Wildman–Crippen LogP) is 1.89. The van der Waals surface area contributed by atoms with Crippen LogP contribution in [0.15, 0.2) is 21.2 Å². The Hall–Kier alpha value is -0.810. The third-order valence-corrected chi connectivity index (χ3v) is 2.44. The van der Waals surface area contributed by atoms with Crippen LogP contribution in [-0.2, 0) is 0 Å². The molecule has 0 aromatic carbocycles. The van der Waals surface area contributed by atoms with Crippen molar-refractivity contribution in [2.45, 2.75) is 19.9 Å². The van der Waals surface area contributed by atoms with Gasteiger partial charge in [0.1, 0.15) is 0 Å². The van der Waals surface area contributed by atoms with Crippen LogP contribution < -0.4 is 0 Å². The Balaban J connectivity index is 2.80. The smallest absolute Gasteiger partial charge is 0.289 e. The second-order valence-electron chi connectivity index (χ2n) is 3.42. The zero-order valence-electron chi connectivity index (χ0n) is 8.74. The fourth-order valence-electron chi connectivity index (χ4n) is 1.27. The summed E-state index contributed by atoms with van der Waals surface area (Å²) in [5.41, 5.74) is 0. The van der Waals surface area contributed by atoms with Crippen LogP contribution in [0.4, 0.5) is 0 Å². The number of hydrogen-bond acceptors (Lipinski definition) is 3. The third kappa shape index (κ3) is 3.07. The minimum atomic E-state index is -0.204. The fraction of sp³-hybridized carbons (Fsp3) is 0.500. The minimum absolute atomic E-state index is 0.0357. The zero-order chi connectivity index (χ0) is 11.4. The molecule has 0 atom stereocenters. The van der Waals surface area contributed by atoms with Gasteiger partial charge in [-0.15, -0.1) is 0 Å². The van der Waals surface area contributed by atoms with Crippen molar-refractivity contribution in [3.05, 3.63) is 22.6 Å². The maximum absolute atomic E-state index is 11.9. The van der Waals surface area contributed by atoms with Crippen molar-refractivity contribution >= 4 is 21.8 Å². The van der Waals surface area contributed by atoms with Crippen molar-refractivity contribution in [3.63, 3.8) is 0 Å². The lowest BCUT2D eigenvalue weighted by Crippen LogP contribution is -2.38. The lowest BCUT2D eigenvalue weighted by atomic mass is 10.3. The molecule has 1 aromatic heterocycles. The first-order valence-electron chi connectivity index (χ1n) is 4.73. The number of amides is 1. The molecule has 15 heavy (non-hydrogen) atoms. The van der Waals surface area contributed by atoms with Crippen LogP contribution >= 0.6 is 15.9 Å². The third-order valence-electron chi connectivity index (χ3n) is 2.01. The van der Waals surface area contributed by atoms with Gasteiger partial charge in [0.05, 0.1) is 6.61 Å². The van der Waals surface area contributed by atoms with Crippen molar-refractivity contribution in [2.24, 2.45) is 0 Å². The molecule has 4 nitrogen and oxygen atoms in total. The lowest BCUT2D eigenvalue weighted by Gasteiger charge is -2.24.